The molecule has 5 nitrogen and oxygen atoms in total. The normalized spacial score (nSPS) is 12.1. The molecule has 2 N–H and O–H groups in total. The SMILES string of the molecule is CC[C@H](C)NC(=O)CCc1ccc2nc(NC(C)=O)sc2c1. The molecule has 0 radical (unpaired) electrons. The predicted octanol–water partition coefficient (Wildman–Crippen LogP) is 3.10. The van der Waals surface area contributed by atoms with E-state index >= 15 is 0 Å². The lowest BCUT2D eigenvalue weighted by Gasteiger charge is -2.11. The summed E-state index contributed by atoms with van der Waals surface area (Å²) in [5.41, 5.74) is 1.96. The summed E-state index contributed by atoms with van der Waals surface area (Å²) in [5.74, 6) is -0.0429. The van der Waals surface area contributed by atoms with Gasteiger partial charge >= 0.3 is 0 Å². The van der Waals surface area contributed by atoms with Crippen LogP contribution in [0, 0.1) is 0 Å². The van der Waals surface area contributed by atoms with Crippen molar-refractivity contribution in [1.82, 2.24) is 10.3 Å². The zero-order valence-electron chi connectivity index (χ0n) is 13.1. The van der Waals surface area contributed by atoms with Crippen LogP contribution < -0.4 is 10.6 Å². The van der Waals surface area contributed by atoms with Crippen LogP contribution in [0.15, 0.2) is 18.2 Å². The number of anilines is 1. The van der Waals surface area contributed by atoms with Gasteiger partial charge in [-0.25, -0.2) is 4.98 Å². The fraction of sp³-hybridized carbons (Fsp3) is 0.438. The number of hydrogen-bond acceptors (Lipinski definition) is 4. The molecule has 1 aromatic carbocycles. The second kappa shape index (κ2) is 7.35. The van der Waals surface area contributed by atoms with Gasteiger partial charge in [0.05, 0.1) is 10.2 Å². The summed E-state index contributed by atoms with van der Waals surface area (Å²) >= 11 is 1.44. The summed E-state index contributed by atoms with van der Waals surface area (Å²) in [6.07, 6.45) is 2.11. The number of nitrogens with one attached hydrogen (secondary N) is 2. The predicted molar refractivity (Wildman–Crippen MR) is 90.1 cm³/mol. The van der Waals surface area contributed by atoms with Crippen LogP contribution in [0.3, 0.4) is 0 Å². The molecule has 0 fully saturated rings. The smallest absolute Gasteiger partial charge is 0.223 e. The molecular formula is C16H21N3O2S. The molecular weight excluding hydrogens is 298 g/mol. The zero-order valence-corrected chi connectivity index (χ0v) is 13.9. The number of rotatable bonds is 6. The van der Waals surface area contributed by atoms with Crippen molar-refractivity contribution in [2.45, 2.75) is 46.1 Å². The third kappa shape index (κ3) is 4.53. The molecule has 0 aliphatic rings. The minimum absolute atomic E-state index is 0.0812. The van der Waals surface area contributed by atoms with Gasteiger partial charge in [-0.15, -0.1) is 0 Å². The van der Waals surface area contributed by atoms with Gasteiger partial charge in [-0.05, 0) is 37.5 Å². The number of carbonyl (C=O) groups excluding carboxylic acids is 2. The van der Waals surface area contributed by atoms with Gasteiger partial charge in [0.15, 0.2) is 5.13 Å². The summed E-state index contributed by atoms with van der Waals surface area (Å²) in [6, 6.07) is 6.17. The van der Waals surface area contributed by atoms with Crippen LogP contribution in [0.25, 0.3) is 10.2 Å². The molecule has 1 heterocycles. The molecule has 1 atom stereocenters. The van der Waals surface area contributed by atoms with Gasteiger partial charge in [0, 0.05) is 19.4 Å². The van der Waals surface area contributed by atoms with E-state index < -0.39 is 0 Å². The first-order valence-electron chi connectivity index (χ1n) is 7.44. The van der Waals surface area contributed by atoms with Gasteiger partial charge in [0.1, 0.15) is 0 Å². The van der Waals surface area contributed by atoms with Crippen LogP contribution in [-0.2, 0) is 16.0 Å². The second-order valence-corrected chi connectivity index (χ2v) is 6.41. The number of amides is 2. The molecule has 118 valence electrons. The van der Waals surface area contributed by atoms with Crippen molar-refractivity contribution >= 4 is 38.5 Å². The summed E-state index contributed by atoms with van der Waals surface area (Å²) in [5, 5.41) is 6.27. The number of benzene rings is 1. The van der Waals surface area contributed by atoms with Gasteiger partial charge in [0.25, 0.3) is 0 Å². The van der Waals surface area contributed by atoms with Crippen molar-refractivity contribution in [1.29, 1.82) is 0 Å². The fourth-order valence-electron chi connectivity index (χ4n) is 2.04. The van der Waals surface area contributed by atoms with Crippen LogP contribution in [0.2, 0.25) is 0 Å². The second-order valence-electron chi connectivity index (χ2n) is 5.38. The van der Waals surface area contributed by atoms with E-state index in [9.17, 15) is 9.59 Å². The van der Waals surface area contributed by atoms with E-state index in [0.717, 1.165) is 22.2 Å². The summed E-state index contributed by atoms with van der Waals surface area (Å²) in [4.78, 5) is 27.2. The Kier molecular flexibility index (Phi) is 5.49. The Morgan fingerprint density at radius 1 is 1.36 bits per heavy atom. The third-order valence-corrected chi connectivity index (χ3v) is 4.33. The molecule has 1 aromatic heterocycles. The monoisotopic (exact) mass is 319 g/mol. The van der Waals surface area contributed by atoms with Gasteiger partial charge in [-0.2, -0.15) is 0 Å². The Bertz CT molecular complexity index is 681. The number of fused-ring (bicyclic) bond motifs is 1. The van der Waals surface area contributed by atoms with Gasteiger partial charge in [-0.1, -0.05) is 24.3 Å². The maximum absolute atomic E-state index is 11.8. The Hall–Kier alpha value is -1.95. The highest BCUT2D eigenvalue weighted by atomic mass is 32.1. The quantitative estimate of drug-likeness (QED) is 0.859. The molecule has 2 aromatic rings. The molecule has 2 rings (SSSR count). The highest BCUT2D eigenvalue weighted by Crippen LogP contribution is 2.27. The van der Waals surface area contributed by atoms with Crippen molar-refractivity contribution in [2.75, 3.05) is 5.32 Å². The van der Waals surface area contributed by atoms with E-state index in [1.807, 2.05) is 25.1 Å². The highest BCUT2D eigenvalue weighted by molar-refractivity contribution is 7.22. The third-order valence-electron chi connectivity index (χ3n) is 3.40. The van der Waals surface area contributed by atoms with Gasteiger partial charge < -0.3 is 10.6 Å². The van der Waals surface area contributed by atoms with Gasteiger partial charge in [0.2, 0.25) is 11.8 Å². The fourth-order valence-corrected chi connectivity index (χ4v) is 3.01. The zero-order chi connectivity index (χ0) is 16.1. The van der Waals surface area contributed by atoms with Crippen LogP contribution in [-0.4, -0.2) is 22.8 Å². The molecule has 0 unspecified atom stereocenters. The molecule has 0 aliphatic heterocycles. The molecule has 0 saturated heterocycles. The Labute approximate surface area is 134 Å². The van der Waals surface area contributed by atoms with E-state index in [1.165, 1.54) is 18.3 Å². The molecule has 0 aliphatic carbocycles. The largest absolute Gasteiger partial charge is 0.354 e. The van der Waals surface area contributed by atoms with Crippen molar-refractivity contribution in [3.63, 3.8) is 0 Å². The van der Waals surface area contributed by atoms with E-state index in [1.54, 1.807) is 0 Å². The summed E-state index contributed by atoms with van der Waals surface area (Å²) < 4.78 is 1.02. The topological polar surface area (TPSA) is 71.1 Å². The van der Waals surface area contributed by atoms with Crippen LogP contribution in [0.5, 0.6) is 0 Å². The van der Waals surface area contributed by atoms with E-state index in [4.69, 9.17) is 0 Å². The molecule has 6 heteroatoms. The van der Waals surface area contributed by atoms with Gasteiger partial charge in [-0.3, -0.25) is 9.59 Å². The van der Waals surface area contributed by atoms with Crippen molar-refractivity contribution < 1.29 is 9.59 Å². The molecule has 0 bridgehead atoms. The molecule has 2 amide bonds. The first-order valence-corrected chi connectivity index (χ1v) is 8.26. The lowest BCUT2D eigenvalue weighted by molar-refractivity contribution is -0.121. The standard InChI is InChI=1S/C16H21N3O2S/c1-4-10(2)17-15(21)8-6-12-5-7-13-14(9-12)22-16(19-13)18-11(3)20/h5,7,9-10H,4,6,8H2,1-3H3,(H,17,21)(H,18,19,20)/t10-/m0/s1. The summed E-state index contributed by atoms with van der Waals surface area (Å²) in [6.45, 7) is 5.52. The molecule has 0 spiro atoms. The lowest BCUT2D eigenvalue weighted by Crippen LogP contribution is -2.31. The average molecular weight is 319 g/mol. The van der Waals surface area contributed by atoms with E-state index in [-0.39, 0.29) is 17.9 Å². The van der Waals surface area contributed by atoms with Crippen LogP contribution in [0.4, 0.5) is 5.13 Å². The van der Waals surface area contributed by atoms with Crippen molar-refractivity contribution in [2.24, 2.45) is 0 Å². The number of nitrogens with zero attached hydrogens (tertiary/aromatic N) is 1. The maximum atomic E-state index is 11.8. The summed E-state index contributed by atoms with van der Waals surface area (Å²) in [7, 11) is 0. The number of aryl methyl sites for hydroxylation is 1. The number of thiazole rings is 1. The van der Waals surface area contributed by atoms with Crippen molar-refractivity contribution in [3.8, 4) is 0 Å². The minimum Gasteiger partial charge on any atom is -0.354 e. The molecule has 0 saturated carbocycles. The number of carbonyl (C=O) groups is 2. The first kappa shape index (κ1) is 16.4. The number of hydrogen-bond donors (Lipinski definition) is 2. The Balaban J connectivity index is 2.00. The highest BCUT2D eigenvalue weighted by Gasteiger charge is 2.08. The Morgan fingerprint density at radius 2 is 2.14 bits per heavy atom. The minimum atomic E-state index is -0.124. The lowest BCUT2D eigenvalue weighted by atomic mass is 10.1. The molecule has 22 heavy (non-hydrogen) atoms. The van der Waals surface area contributed by atoms with E-state index in [0.29, 0.717) is 18.0 Å². The van der Waals surface area contributed by atoms with Crippen LogP contribution in [0.1, 0.15) is 39.2 Å². The first-order chi connectivity index (χ1) is 10.5. The number of aromatic nitrogens is 1. The maximum Gasteiger partial charge on any atom is 0.223 e. The van der Waals surface area contributed by atoms with Crippen molar-refractivity contribution in [3.05, 3.63) is 23.8 Å². The average Bonchev–Trinajstić information content (AvgIpc) is 2.85. The Morgan fingerprint density at radius 3 is 2.82 bits per heavy atom. The van der Waals surface area contributed by atoms with E-state index in [2.05, 4.69) is 22.5 Å². The van der Waals surface area contributed by atoms with Crippen LogP contribution >= 0.6 is 11.3 Å².